The minimum atomic E-state index is -0.159. The fraction of sp³-hybridized carbons (Fsp3) is 0.462. The van der Waals surface area contributed by atoms with Crippen molar-refractivity contribution in [3.63, 3.8) is 0 Å². The molecule has 2 N–H and O–H groups in total. The predicted molar refractivity (Wildman–Crippen MR) is 62.6 cm³/mol. The molecule has 3 nitrogen and oxygen atoms in total. The molecule has 2 rings (SSSR count). The van der Waals surface area contributed by atoms with Gasteiger partial charge in [0.05, 0.1) is 5.56 Å². The van der Waals surface area contributed by atoms with Crippen LogP contribution in [0, 0.1) is 6.92 Å². The Morgan fingerprint density at radius 2 is 2.06 bits per heavy atom. The number of nitrogens with one attached hydrogen (secondary N) is 1. The molecule has 0 spiro atoms. The van der Waals surface area contributed by atoms with E-state index in [1.807, 2.05) is 0 Å². The zero-order chi connectivity index (χ0) is 11.5. The summed E-state index contributed by atoms with van der Waals surface area (Å²) >= 11 is 0. The second-order valence-electron chi connectivity index (χ2n) is 4.43. The van der Waals surface area contributed by atoms with Crippen LogP contribution in [-0.4, -0.2) is 17.1 Å². The standard InChI is InChI=1S/C13H17NO2/c1-9-5-4-8-11(12(9)15)13(16)14-10-6-2-3-7-10/h4-5,8,10,15H,2-3,6-7H2,1H3,(H,14,16). The van der Waals surface area contributed by atoms with E-state index in [4.69, 9.17) is 0 Å². The van der Waals surface area contributed by atoms with Gasteiger partial charge in [0.25, 0.3) is 5.91 Å². The van der Waals surface area contributed by atoms with Gasteiger partial charge in [0, 0.05) is 6.04 Å². The monoisotopic (exact) mass is 219 g/mol. The van der Waals surface area contributed by atoms with Gasteiger partial charge in [0.15, 0.2) is 0 Å². The quantitative estimate of drug-likeness (QED) is 0.802. The first-order valence-electron chi connectivity index (χ1n) is 5.78. The van der Waals surface area contributed by atoms with Gasteiger partial charge in [-0.3, -0.25) is 4.79 Å². The van der Waals surface area contributed by atoms with Crippen LogP contribution in [0.1, 0.15) is 41.6 Å². The van der Waals surface area contributed by atoms with Crippen molar-refractivity contribution in [2.24, 2.45) is 0 Å². The molecule has 1 aromatic rings. The van der Waals surface area contributed by atoms with E-state index in [0.29, 0.717) is 5.56 Å². The smallest absolute Gasteiger partial charge is 0.255 e. The molecule has 1 aliphatic rings. The van der Waals surface area contributed by atoms with Crippen LogP contribution in [0.15, 0.2) is 18.2 Å². The van der Waals surface area contributed by atoms with E-state index in [-0.39, 0.29) is 17.7 Å². The van der Waals surface area contributed by atoms with Gasteiger partial charge >= 0.3 is 0 Å². The summed E-state index contributed by atoms with van der Waals surface area (Å²) in [4.78, 5) is 11.9. The van der Waals surface area contributed by atoms with Gasteiger partial charge in [-0.1, -0.05) is 25.0 Å². The lowest BCUT2D eigenvalue weighted by molar-refractivity contribution is 0.0935. The summed E-state index contributed by atoms with van der Waals surface area (Å²) < 4.78 is 0. The second-order valence-corrected chi connectivity index (χ2v) is 4.43. The van der Waals surface area contributed by atoms with Crippen molar-refractivity contribution in [1.82, 2.24) is 5.32 Å². The van der Waals surface area contributed by atoms with Gasteiger partial charge in [0.1, 0.15) is 5.75 Å². The molecule has 0 bridgehead atoms. The molecule has 16 heavy (non-hydrogen) atoms. The summed E-state index contributed by atoms with van der Waals surface area (Å²) in [5.74, 6) is -0.0638. The highest BCUT2D eigenvalue weighted by atomic mass is 16.3. The van der Waals surface area contributed by atoms with Crippen LogP contribution >= 0.6 is 0 Å². The molecular formula is C13H17NO2. The Labute approximate surface area is 95.5 Å². The molecule has 0 aromatic heterocycles. The van der Waals surface area contributed by atoms with Crippen molar-refractivity contribution in [3.05, 3.63) is 29.3 Å². The molecule has 0 heterocycles. The lowest BCUT2D eigenvalue weighted by Crippen LogP contribution is -2.32. The van der Waals surface area contributed by atoms with Crippen LogP contribution in [0.4, 0.5) is 0 Å². The maximum absolute atomic E-state index is 11.9. The van der Waals surface area contributed by atoms with E-state index in [1.165, 1.54) is 12.8 Å². The molecule has 0 saturated heterocycles. The lowest BCUT2D eigenvalue weighted by Gasteiger charge is -2.13. The van der Waals surface area contributed by atoms with Crippen molar-refractivity contribution in [2.75, 3.05) is 0 Å². The van der Waals surface area contributed by atoms with E-state index in [0.717, 1.165) is 18.4 Å². The Hall–Kier alpha value is -1.51. The molecule has 1 aromatic carbocycles. The molecule has 86 valence electrons. The Morgan fingerprint density at radius 3 is 2.75 bits per heavy atom. The first-order chi connectivity index (χ1) is 7.68. The van der Waals surface area contributed by atoms with E-state index in [1.54, 1.807) is 25.1 Å². The van der Waals surface area contributed by atoms with E-state index in [2.05, 4.69) is 5.32 Å². The molecule has 3 heteroatoms. The molecule has 0 atom stereocenters. The molecule has 1 fully saturated rings. The zero-order valence-corrected chi connectivity index (χ0v) is 9.49. The van der Waals surface area contributed by atoms with E-state index in [9.17, 15) is 9.90 Å². The fourth-order valence-corrected chi connectivity index (χ4v) is 2.18. The number of phenols is 1. The average Bonchev–Trinajstić information content (AvgIpc) is 2.74. The van der Waals surface area contributed by atoms with Crippen LogP contribution in [-0.2, 0) is 0 Å². The minimum Gasteiger partial charge on any atom is -0.507 e. The number of rotatable bonds is 2. The normalized spacial score (nSPS) is 16.3. The largest absolute Gasteiger partial charge is 0.507 e. The van der Waals surface area contributed by atoms with Crippen LogP contribution < -0.4 is 5.32 Å². The van der Waals surface area contributed by atoms with Crippen molar-refractivity contribution < 1.29 is 9.90 Å². The summed E-state index contributed by atoms with van der Waals surface area (Å²) in [6, 6.07) is 5.53. The predicted octanol–water partition coefficient (Wildman–Crippen LogP) is 2.37. The van der Waals surface area contributed by atoms with E-state index < -0.39 is 0 Å². The Kier molecular flexibility index (Phi) is 3.13. The van der Waals surface area contributed by atoms with Crippen LogP contribution in [0.25, 0.3) is 0 Å². The lowest BCUT2D eigenvalue weighted by atomic mass is 10.1. The van der Waals surface area contributed by atoms with Crippen molar-refractivity contribution >= 4 is 5.91 Å². The molecule has 0 aliphatic heterocycles. The Balaban J connectivity index is 2.11. The molecule has 1 amide bonds. The van der Waals surface area contributed by atoms with Gasteiger partial charge in [-0.15, -0.1) is 0 Å². The number of carbonyl (C=O) groups is 1. The fourth-order valence-electron chi connectivity index (χ4n) is 2.18. The number of phenolic OH excluding ortho intramolecular Hbond substituents is 1. The third-order valence-corrected chi connectivity index (χ3v) is 3.17. The number of hydrogen-bond donors (Lipinski definition) is 2. The van der Waals surface area contributed by atoms with Crippen LogP contribution in [0.3, 0.4) is 0 Å². The molecule has 1 aliphatic carbocycles. The minimum absolute atomic E-state index is 0.0954. The van der Waals surface area contributed by atoms with Crippen molar-refractivity contribution in [2.45, 2.75) is 38.6 Å². The second kappa shape index (κ2) is 4.56. The average molecular weight is 219 g/mol. The third kappa shape index (κ3) is 2.18. The number of para-hydroxylation sites is 1. The maximum Gasteiger partial charge on any atom is 0.255 e. The van der Waals surface area contributed by atoms with Gasteiger partial charge in [-0.25, -0.2) is 0 Å². The summed E-state index contributed by atoms with van der Waals surface area (Å²) in [6.07, 6.45) is 4.48. The van der Waals surface area contributed by atoms with Crippen LogP contribution in [0.5, 0.6) is 5.75 Å². The van der Waals surface area contributed by atoms with E-state index >= 15 is 0 Å². The molecule has 0 radical (unpaired) electrons. The van der Waals surface area contributed by atoms with Gasteiger partial charge in [-0.2, -0.15) is 0 Å². The molecular weight excluding hydrogens is 202 g/mol. The first-order valence-corrected chi connectivity index (χ1v) is 5.78. The first kappa shape index (κ1) is 11.0. The Bertz CT molecular complexity index is 395. The van der Waals surface area contributed by atoms with Crippen molar-refractivity contribution in [3.8, 4) is 5.75 Å². The topological polar surface area (TPSA) is 49.3 Å². The van der Waals surface area contributed by atoms with Gasteiger partial charge in [0.2, 0.25) is 0 Å². The number of amides is 1. The SMILES string of the molecule is Cc1cccc(C(=O)NC2CCCC2)c1O. The summed E-state index contributed by atoms with van der Waals surface area (Å²) in [6.45, 7) is 1.79. The number of hydrogen-bond acceptors (Lipinski definition) is 2. The molecule has 1 saturated carbocycles. The van der Waals surface area contributed by atoms with Gasteiger partial charge in [-0.05, 0) is 31.4 Å². The highest BCUT2D eigenvalue weighted by Crippen LogP contribution is 2.23. The highest BCUT2D eigenvalue weighted by Gasteiger charge is 2.19. The maximum atomic E-state index is 11.9. The summed E-state index contributed by atoms with van der Waals surface area (Å²) in [5, 5.41) is 12.7. The number of aromatic hydroxyl groups is 1. The van der Waals surface area contributed by atoms with Gasteiger partial charge < -0.3 is 10.4 Å². The third-order valence-electron chi connectivity index (χ3n) is 3.17. The number of carbonyl (C=O) groups excluding carboxylic acids is 1. The summed E-state index contributed by atoms with van der Waals surface area (Å²) in [7, 11) is 0. The zero-order valence-electron chi connectivity index (χ0n) is 9.49. The van der Waals surface area contributed by atoms with Crippen molar-refractivity contribution in [1.29, 1.82) is 0 Å². The summed E-state index contributed by atoms with van der Waals surface area (Å²) in [5.41, 5.74) is 1.12. The number of aryl methyl sites for hydroxylation is 1. The Morgan fingerprint density at radius 1 is 1.38 bits per heavy atom. The highest BCUT2D eigenvalue weighted by molar-refractivity contribution is 5.97. The number of benzene rings is 1. The van der Waals surface area contributed by atoms with Crippen LogP contribution in [0.2, 0.25) is 0 Å². The molecule has 0 unspecified atom stereocenters.